The number of ketones is 3. The molecule has 51 heavy (non-hydrogen) atoms. The van der Waals surface area contributed by atoms with Crippen LogP contribution in [0, 0.1) is 0 Å². The quantitative estimate of drug-likeness (QED) is 0.0785. The SMILES string of the molecule is CC(=O)CCCCCOc1cc(C(=O)c2ccc3ccc4cccc5ccc2c3c45)cc(C(=O)c2ccc3ccc4cccc5ccc2c3c45)c1. The van der Waals surface area contributed by atoms with E-state index in [9.17, 15) is 14.4 Å². The summed E-state index contributed by atoms with van der Waals surface area (Å²) in [5.74, 6) is 0.337. The minimum Gasteiger partial charge on any atom is -0.494 e. The Kier molecular flexibility index (Phi) is 7.47. The molecule has 0 bridgehead atoms. The first kappa shape index (κ1) is 30.9. The van der Waals surface area contributed by atoms with Gasteiger partial charge in [-0.3, -0.25) is 9.59 Å². The van der Waals surface area contributed by atoms with Gasteiger partial charge in [0, 0.05) is 28.7 Å². The second kappa shape index (κ2) is 12.3. The standard InChI is InChI=1S/C47H34O4/c1-28(48)7-3-2-4-24-51-37-26-35(46(49)40-22-18-33-14-12-29-8-5-10-31-16-20-38(40)44(33)42(29)31)25-36(27-37)47(50)41-23-19-34-15-13-30-9-6-11-32-17-21-39(41)45(34)43(30)32/h5-6,8-23,25-27H,2-4,7,24H2,1H3. The highest BCUT2D eigenvalue weighted by molar-refractivity contribution is 6.30. The molecule has 9 aromatic carbocycles. The Labute approximate surface area is 294 Å². The number of rotatable bonds is 11. The predicted molar refractivity (Wildman–Crippen MR) is 208 cm³/mol. The number of carbonyl (C=O) groups excluding carboxylic acids is 3. The van der Waals surface area contributed by atoms with E-state index in [2.05, 4.69) is 72.8 Å². The zero-order chi connectivity index (χ0) is 34.6. The van der Waals surface area contributed by atoms with Crippen LogP contribution in [-0.4, -0.2) is 24.0 Å². The Bertz CT molecular complexity index is 2620. The third-order valence-corrected chi connectivity index (χ3v) is 10.4. The van der Waals surface area contributed by atoms with Gasteiger partial charge >= 0.3 is 0 Å². The van der Waals surface area contributed by atoms with Crippen molar-refractivity contribution in [2.75, 3.05) is 6.61 Å². The molecule has 0 aromatic heterocycles. The van der Waals surface area contributed by atoms with Crippen molar-refractivity contribution in [3.05, 3.63) is 150 Å². The first-order valence-electron chi connectivity index (χ1n) is 17.6. The van der Waals surface area contributed by atoms with Gasteiger partial charge in [-0.15, -0.1) is 0 Å². The van der Waals surface area contributed by atoms with Gasteiger partial charge in [0.15, 0.2) is 11.6 Å². The van der Waals surface area contributed by atoms with Crippen LogP contribution in [0.25, 0.3) is 64.6 Å². The van der Waals surface area contributed by atoms with Gasteiger partial charge in [0.25, 0.3) is 0 Å². The average Bonchev–Trinajstić information content (AvgIpc) is 3.16. The van der Waals surface area contributed by atoms with Crippen molar-refractivity contribution in [3.8, 4) is 5.75 Å². The molecule has 0 N–H and O–H groups in total. The van der Waals surface area contributed by atoms with E-state index in [0.29, 0.717) is 41.0 Å². The van der Waals surface area contributed by atoms with Crippen LogP contribution < -0.4 is 4.74 Å². The fourth-order valence-electron chi connectivity index (χ4n) is 7.97. The molecular formula is C47H34O4. The third kappa shape index (κ3) is 5.26. The summed E-state index contributed by atoms with van der Waals surface area (Å²) >= 11 is 0. The summed E-state index contributed by atoms with van der Waals surface area (Å²) in [5.41, 5.74) is 1.98. The number of carbonyl (C=O) groups is 3. The molecule has 9 aromatic rings. The summed E-state index contributed by atoms with van der Waals surface area (Å²) in [4.78, 5) is 40.6. The molecule has 0 radical (unpaired) electrons. The maximum atomic E-state index is 14.6. The Balaban J connectivity index is 1.15. The largest absolute Gasteiger partial charge is 0.494 e. The molecule has 0 aliphatic carbocycles. The van der Waals surface area contributed by atoms with E-state index in [1.807, 2.05) is 36.4 Å². The lowest BCUT2D eigenvalue weighted by atomic mass is 9.88. The van der Waals surface area contributed by atoms with E-state index < -0.39 is 0 Å². The van der Waals surface area contributed by atoms with E-state index >= 15 is 0 Å². The van der Waals surface area contributed by atoms with Crippen LogP contribution in [0.1, 0.15) is 64.4 Å². The number of hydrogen-bond acceptors (Lipinski definition) is 4. The minimum atomic E-state index is -0.163. The van der Waals surface area contributed by atoms with E-state index in [-0.39, 0.29) is 17.3 Å². The molecule has 246 valence electrons. The molecule has 0 saturated carbocycles. The normalized spacial score (nSPS) is 11.9. The highest BCUT2D eigenvalue weighted by atomic mass is 16.5. The summed E-state index contributed by atoms with van der Waals surface area (Å²) in [7, 11) is 0. The first-order valence-corrected chi connectivity index (χ1v) is 17.6. The predicted octanol–water partition coefficient (Wildman–Crippen LogP) is 11.5. The van der Waals surface area contributed by atoms with Crippen LogP contribution in [0.15, 0.2) is 127 Å². The van der Waals surface area contributed by atoms with Crippen molar-refractivity contribution in [1.29, 1.82) is 0 Å². The second-order valence-corrected chi connectivity index (χ2v) is 13.7. The zero-order valence-corrected chi connectivity index (χ0v) is 28.3. The molecule has 0 saturated heterocycles. The van der Waals surface area contributed by atoms with Gasteiger partial charge in [-0.05, 0) is 121 Å². The van der Waals surface area contributed by atoms with Crippen molar-refractivity contribution in [2.45, 2.75) is 32.6 Å². The number of Topliss-reactive ketones (excluding diaryl/α,β-unsaturated/α-hetero) is 1. The van der Waals surface area contributed by atoms with Crippen molar-refractivity contribution in [1.82, 2.24) is 0 Å². The van der Waals surface area contributed by atoms with Gasteiger partial charge in [-0.2, -0.15) is 0 Å². The summed E-state index contributed by atoms with van der Waals surface area (Å²) in [6, 6.07) is 42.3. The van der Waals surface area contributed by atoms with Crippen LogP contribution >= 0.6 is 0 Å². The van der Waals surface area contributed by atoms with Crippen LogP contribution in [0.2, 0.25) is 0 Å². The molecule has 0 aliphatic heterocycles. The lowest BCUT2D eigenvalue weighted by Crippen LogP contribution is -2.09. The third-order valence-electron chi connectivity index (χ3n) is 10.4. The van der Waals surface area contributed by atoms with Crippen LogP contribution in [0.5, 0.6) is 5.75 Å². The highest BCUT2D eigenvalue weighted by Gasteiger charge is 2.22. The van der Waals surface area contributed by atoms with Crippen LogP contribution in [0.3, 0.4) is 0 Å². The molecule has 4 heteroatoms. The van der Waals surface area contributed by atoms with E-state index in [0.717, 1.165) is 83.9 Å². The Hall–Kier alpha value is -6.13. The molecule has 0 unspecified atom stereocenters. The van der Waals surface area contributed by atoms with Crippen LogP contribution in [0.4, 0.5) is 0 Å². The number of unbranched alkanes of at least 4 members (excludes halogenated alkanes) is 2. The Morgan fingerprint density at radius 3 is 1.37 bits per heavy atom. The number of hydrogen-bond donors (Lipinski definition) is 0. The molecule has 0 aliphatic rings. The van der Waals surface area contributed by atoms with E-state index in [1.54, 1.807) is 25.1 Å². The number of benzene rings is 9. The molecular weight excluding hydrogens is 629 g/mol. The molecule has 0 fully saturated rings. The van der Waals surface area contributed by atoms with Crippen molar-refractivity contribution < 1.29 is 19.1 Å². The van der Waals surface area contributed by atoms with Crippen molar-refractivity contribution in [2.24, 2.45) is 0 Å². The molecule has 9 rings (SSSR count). The van der Waals surface area contributed by atoms with Gasteiger partial charge in [-0.1, -0.05) is 97.1 Å². The summed E-state index contributed by atoms with van der Waals surface area (Å²) < 4.78 is 6.24. The van der Waals surface area contributed by atoms with Gasteiger partial charge in [-0.25, -0.2) is 0 Å². The Morgan fingerprint density at radius 1 is 0.471 bits per heavy atom. The lowest BCUT2D eigenvalue weighted by Gasteiger charge is -2.16. The molecule has 0 atom stereocenters. The average molecular weight is 663 g/mol. The Morgan fingerprint density at radius 2 is 0.902 bits per heavy atom. The fourth-order valence-corrected chi connectivity index (χ4v) is 7.97. The van der Waals surface area contributed by atoms with E-state index in [4.69, 9.17) is 4.74 Å². The molecule has 0 spiro atoms. The molecule has 0 amide bonds. The topological polar surface area (TPSA) is 60.4 Å². The summed E-state index contributed by atoms with van der Waals surface area (Å²) in [6.07, 6.45) is 2.99. The fraction of sp³-hybridized carbons (Fsp3) is 0.128. The van der Waals surface area contributed by atoms with Crippen LogP contribution in [-0.2, 0) is 4.79 Å². The zero-order valence-electron chi connectivity index (χ0n) is 28.3. The number of ether oxygens (including phenoxy) is 1. The lowest BCUT2D eigenvalue weighted by molar-refractivity contribution is -0.117. The maximum absolute atomic E-state index is 14.6. The summed E-state index contributed by atoms with van der Waals surface area (Å²) in [6.45, 7) is 2.03. The minimum absolute atomic E-state index is 0.163. The smallest absolute Gasteiger partial charge is 0.193 e. The molecule has 0 heterocycles. The van der Waals surface area contributed by atoms with Gasteiger partial charge < -0.3 is 9.53 Å². The molecule has 4 nitrogen and oxygen atoms in total. The van der Waals surface area contributed by atoms with Gasteiger partial charge in [0.1, 0.15) is 11.5 Å². The maximum Gasteiger partial charge on any atom is 0.193 e. The highest BCUT2D eigenvalue weighted by Crippen LogP contribution is 2.39. The van der Waals surface area contributed by atoms with Gasteiger partial charge in [0.2, 0.25) is 0 Å². The van der Waals surface area contributed by atoms with Gasteiger partial charge in [0.05, 0.1) is 6.61 Å². The second-order valence-electron chi connectivity index (χ2n) is 13.7. The van der Waals surface area contributed by atoms with Crippen molar-refractivity contribution in [3.63, 3.8) is 0 Å². The summed E-state index contributed by atoms with van der Waals surface area (Å²) in [5, 5.41) is 12.9. The van der Waals surface area contributed by atoms with E-state index in [1.165, 1.54) is 0 Å². The first-order chi connectivity index (χ1) is 24.9. The van der Waals surface area contributed by atoms with Crippen molar-refractivity contribution >= 4 is 82.0 Å². The monoisotopic (exact) mass is 662 g/mol.